The first-order valence-electron chi connectivity index (χ1n) is 8.64. The molecule has 0 aliphatic heterocycles. The van der Waals surface area contributed by atoms with Crippen LogP contribution in [0.1, 0.15) is 5.56 Å². The summed E-state index contributed by atoms with van der Waals surface area (Å²) in [5.41, 5.74) is 2.16. The van der Waals surface area contributed by atoms with E-state index in [4.69, 9.17) is 4.74 Å². The highest BCUT2D eigenvalue weighted by molar-refractivity contribution is 5.88. The topological polar surface area (TPSA) is 47.0 Å². The van der Waals surface area contributed by atoms with E-state index in [1.165, 1.54) is 5.56 Å². The average molecular weight is 341 g/mol. The molecule has 4 nitrogen and oxygen atoms in total. The molecule has 0 atom stereocenters. The standard InChI is InChI=1S/C22H19N3O/c1-2-8-18(9-3-1)26-19-10-6-7-17(15-19)13-14-23-22-20-11-4-5-12-21(20)24-16-25-22/h1-12,15-16H,13-14H2,(H,23,24,25). The molecule has 0 amide bonds. The molecule has 0 radical (unpaired) electrons. The largest absolute Gasteiger partial charge is 0.457 e. The van der Waals surface area contributed by atoms with Crippen LogP contribution in [0.25, 0.3) is 10.9 Å². The molecule has 1 N–H and O–H groups in total. The van der Waals surface area contributed by atoms with Gasteiger partial charge in [-0.15, -0.1) is 0 Å². The third kappa shape index (κ3) is 3.81. The van der Waals surface area contributed by atoms with E-state index < -0.39 is 0 Å². The van der Waals surface area contributed by atoms with Crippen LogP contribution < -0.4 is 10.1 Å². The Morgan fingerprint density at radius 1 is 0.769 bits per heavy atom. The molecule has 1 aromatic heterocycles. The van der Waals surface area contributed by atoms with Gasteiger partial charge in [0.1, 0.15) is 23.6 Å². The molecule has 0 spiro atoms. The molecule has 0 aliphatic carbocycles. The van der Waals surface area contributed by atoms with E-state index in [1.807, 2.05) is 66.7 Å². The van der Waals surface area contributed by atoms with E-state index >= 15 is 0 Å². The van der Waals surface area contributed by atoms with Gasteiger partial charge in [-0.2, -0.15) is 0 Å². The van der Waals surface area contributed by atoms with Crippen LogP contribution in [0.3, 0.4) is 0 Å². The molecule has 0 bridgehead atoms. The maximum absolute atomic E-state index is 5.90. The van der Waals surface area contributed by atoms with Crippen LogP contribution in [0.2, 0.25) is 0 Å². The summed E-state index contributed by atoms with van der Waals surface area (Å²) in [4.78, 5) is 8.66. The second kappa shape index (κ2) is 7.66. The number of anilines is 1. The fourth-order valence-electron chi connectivity index (χ4n) is 2.86. The quantitative estimate of drug-likeness (QED) is 0.531. The summed E-state index contributed by atoms with van der Waals surface area (Å²) < 4.78 is 5.90. The van der Waals surface area contributed by atoms with Gasteiger partial charge in [0.15, 0.2) is 0 Å². The molecule has 4 aromatic rings. The van der Waals surface area contributed by atoms with Crippen LogP contribution in [0.4, 0.5) is 5.82 Å². The minimum Gasteiger partial charge on any atom is -0.457 e. The predicted molar refractivity (Wildman–Crippen MR) is 105 cm³/mol. The Labute approximate surface area is 152 Å². The number of nitrogens with one attached hydrogen (secondary N) is 1. The van der Waals surface area contributed by atoms with Crippen LogP contribution in [-0.4, -0.2) is 16.5 Å². The lowest BCUT2D eigenvalue weighted by atomic mass is 10.1. The molecule has 4 rings (SSSR count). The normalized spacial score (nSPS) is 10.6. The van der Waals surface area contributed by atoms with Gasteiger partial charge in [0.05, 0.1) is 5.52 Å². The van der Waals surface area contributed by atoms with Crippen LogP contribution in [0, 0.1) is 0 Å². The van der Waals surface area contributed by atoms with Crippen molar-refractivity contribution in [2.75, 3.05) is 11.9 Å². The van der Waals surface area contributed by atoms with Gasteiger partial charge in [0.2, 0.25) is 0 Å². The van der Waals surface area contributed by atoms with Crippen molar-refractivity contribution in [3.8, 4) is 11.5 Å². The zero-order chi connectivity index (χ0) is 17.6. The zero-order valence-corrected chi connectivity index (χ0v) is 14.3. The molecule has 0 saturated carbocycles. The Morgan fingerprint density at radius 2 is 1.58 bits per heavy atom. The highest BCUT2D eigenvalue weighted by Crippen LogP contribution is 2.22. The first-order valence-corrected chi connectivity index (χ1v) is 8.64. The second-order valence-corrected chi connectivity index (χ2v) is 5.98. The lowest BCUT2D eigenvalue weighted by Gasteiger charge is -2.10. The molecular formula is C22H19N3O. The molecular weight excluding hydrogens is 322 g/mol. The number of hydrogen-bond donors (Lipinski definition) is 1. The summed E-state index contributed by atoms with van der Waals surface area (Å²) >= 11 is 0. The first-order chi connectivity index (χ1) is 12.9. The molecule has 0 saturated heterocycles. The predicted octanol–water partition coefficient (Wildman–Crippen LogP) is 5.08. The summed E-state index contributed by atoms with van der Waals surface area (Å²) in [6.07, 6.45) is 2.48. The van der Waals surface area contributed by atoms with E-state index in [2.05, 4.69) is 27.4 Å². The number of rotatable bonds is 6. The average Bonchev–Trinajstić information content (AvgIpc) is 2.69. The van der Waals surface area contributed by atoms with E-state index in [0.717, 1.165) is 41.2 Å². The van der Waals surface area contributed by atoms with Crippen molar-refractivity contribution in [1.29, 1.82) is 0 Å². The fourth-order valence-corrected chi connectivity index (χ4v) is 2.86. The second-order valence-electron chi connectivity index (χ2n) is 5.98. The third-order valence-corrected chi connectivity index (χ3v) is 4.13. The Morgan fingerprint density at radius 3 is 2.50 bits per heavy atom. The van der Waals surface area contributed by atoms with Crippen LogP contribution in [0.15, 0.2) is 85.2 Å². The van der Waals surface area contributed by atoms with Gasteiger partial charge in [-0.25, -0.2) is 9.97 Å². The van der Waals surface area contributed by atoms with Crippen molar-refractivity contribution in [3.05, 3.63) is 90.8 Å². The zero-order valence-electron chi connectivity index (χ0n) is 14.3. The Bertz CT molecular complexity index is 997. The summed E-state index contributed by atoms with van der Waals surface area (Å²) in [7, 11) is 0. The van der Waals surface area contributed by atoms with E-state index in [-0.39, 0.29) is 0 Å². The van der Waals surface area contributed by atoms with Crippen molar-refractivity contribution in [3.63, 3.8) is 0 Å². The van der Waals surface area contributed by atoms with Gasteiger partial charge >= 0.3 is 0 Å². The van der Waals surface area contributed by atoms with E-state index in [9.17, 15) is 0 Å². The maximum Gasteiger partial charge on any atom is 0.137 e. The monoisotopic (exact) mass is 341 g/mol. The van der Waals surface area contributed by atoms with Crippen LogP contribution in [-0.2, 0) is 6.42 Å². The summed E-state index contributed by atoms with van der Waals surface area (Å²) in [5, 5.41) is 4.45. The SMILES string of the molecule is c1ccc(Oc2cccc(CCNc3ncnc4ccccc34)c2)cc1. The molecule has 1 heterocycles. The highest BCUT2D eigenvalue weighted by atomic mass is 16.5. The molecule has 0 fully saturated rings. The number of hydrogen-bond acceptors (Lipinski definition) is 4. The molecule has 26 heavy (non-hydrogen) atoms. The van der Waals surface area contributed by atoms with E-state index in [1.54, 1.807) is 6.33 Å². The first kappa shape index (κ1) is 16.1. The van der Waals surface area contributed by atoms with E-state index in [0.29, 0.717) is 0 Å². The number of nitrogens with zero attached hydrogens (tertiary/aromatic N) is 2. The summed E-state index contributed by atoms with van der Waals surface area (Å²) in [6, 6.07) is 26.0. The Kier molecular flexibility index (Phi) is 4.74. The smallest absolute Gasteiger partial charge is 0.137 e. The number of ether oxygens (including phenoxy) is 1. The van der Waals surface area contributed by atoms with Crippen LogP contribution >= 0.6 is 0 Å². The number of aromatic nitrogens is 2. The third-order valence-electron chi connectivity index (χ3n) is 4.13. The molecule has 128 valence electrons. The van der Waals surface area contributed by atoms with Gasteiger partial charge < -0.3 is 10.1 Å². The Hall–Kier alpha value is -3.40. The minimum atomic E-state index is 0.787. The Balaban J connectivity index is 1.41. The van der Waals surface area contributed by atoms with Gasteiger partial charge in [0.25, 0.3) is 0 Å². The molecule has 4 heteroatoms. The van der Waals surface area contributed by atoms with Crippen molar-refractivity contribution in [2.24, 2.45) is 0 Å². The highest BCUT2D eigenvalue weighted by Gasteiger charge is 2.03. The number of para-hydroxylation sites is 2. The molecule has 0 unspecified atom stereocenters. The van der Waals surface area contributed by atoms with Gasteiger partial charge in [-0.3, -0.25) is 0 Å². The van der Waals surface area contributed by atoms with Gasteiger partial charge in [-0.1, -0.05) is 42.5 Å². The minimum absolute atomic E-state index is 0.787. The van der Waals surface area contributed by atoms with Gasteiger partial charge in [0, 0.05) is 11.9 Å². The van der Waals surface area contributed by atoms with Crippen LogP contribution in [0.5, 0.6) is 11.5 Å². The van der Waals surface area contributed by atoms with Gasteiger partial charge in [-0.05, 0) is 48.4 Å². The fraction of sp³-hybridized carbons (Fsp3) is 0.0909. The van der Waals surface area contributed by atoms with Crippen molar-refractivity contribution in [1.82, 2.24) is 9.97 Å². The van der Waals surface area contributed by atoms with Crippen molar-refractivity contribution in [2.45, 2.75) is 6.42 Å². The summed E-state index contributed by atoms with van der Waals surface area (Å²) in [5.74, 6) is 2.56. The maximum atomic E-state index is 5.90. The number of benzene rings is 3. The lowest BCUT2D eigenvalue weighted by molar-refractivity contribution is 0.482. The summed E-state index contributed by atoms with van der Waals surface area (Å²) in [6.45, 7) is 0.787. The molecule has 0 aliphatic rings. The molecule has 3 aromatic carbocycles. The van der Waals surface area contributed by atoms with Crippen molar-refractivity contribution >= 4 is 16.7 Å². The lowest BCUT2D eigenvalue weighted by Crippen LogP contribution is -2.07. The number of fused-ring (bicyclic) bond motifs is 1. The van der Waals surface area contributed by atoms with Crippen molar-refractivity contribution < 1.29 is 4.74 Å².